The minimum Gasteiger partial charge on any atom is -0.494 e. The number of esters is 1. The van der Waals surface area contributed by atoms with E-state index >= 15 is 0 Å². The van der Waals surface area contributed by atoms with Gasteiger partial charge < -0.3 is 14.8 Å². The number of alkyl halides is 1. The highest BCUT2D eigenvalue weighted by Crippen LogP contribution is 2.60. The lowest BCUT2D eigenvalue weighted by Gasteiger charge is -2.27. The number of rotatable bonds is 4. The van der Waals surface area contributed by atoms with Crippen LogP contribution in [0, 0.1) is 23.7 Å². The van der Waals surface area contributed by atoms with Gasteiger partial charge in [-0.25, -0.2) is 0 Å². The maximum absolute atomic E-state index is 12.7. The van der Waals surface area contributed by atoms with Crippen LogP contribution in [0.4, 0.5) is 5.69 Å². The fourth-order valence-electron chi connectivity index (χ4n) is 4.36. The standard InChI is InChI=1S/C17H18BrNO4/c1-2-22-9-5-3-8(4-6-9)19-16(20)12-10-7-11-13(12)17(21)23-15(11)14(10)18/h3-6,10-15H,2,7H2,1H3,(H,19,20). The van der Waals surface area contributed by atoms with Gasteiger partial charge in [-0.1, -0.05) is 15.9 Å². The molecule has 1 heterocycles. The SMILES string of the molecule is CCOc1ccc(NC(=O)C2C3CC4C(OC(=O)C42)C3Br)cc1. The van der Waals surface area contributed by atoms with Crippen molar-refractivity contribution in [1.29, 1.82) is 0 Å². The number of hydrogen-bond donors (Lipinski definition) is 1. The monoisotopic (exact) mass is 379 g/mol. The number of amides is 1. The third-order valence-corrected chi connectivity index (χ3v) is 6.46. The van der Waals surface area contributed by atoms with Crippen molar-refractivity contribution in [1.82, 2.24) is 0 Å². The van der Waals surface area contributed by atoms with E-state index in [0.29, 0.717) is 6.61 Å². The molecule has 3 fully saturated rings. The molecule has 1 aliphatic heterocycles. The van der Waals surface area contributed by atoms with E-state index in [2.05, 4.69) is 21.2 Å². The summed E-state index contributed by atoms with van der Waals surface area (Å²) < 4.78 is 10.8. The normalized spacial score (nSPS) is 36.9. The molecule has 2 saturated carbocycles. The van der Waals surface area contributed by atoms with E-state index in [1.807, 2.05) is 31.2 Å². The Kier molecular flexibility index (Phi) is 3.59. The maximum atomic E-state index is 12.7. The van der Waals surface area contributed by atoms with Gasteiger partial charge >= 0.3 is 5.97 Å². The number of ether oxygens (including phenoxy) is 2. The van der Waals surface area contributed by atoms with E-state index in [-0.39, 0.29) is 46.5 Å². The molecule has 23 heavy (non-hydrogen) atoms. The quantitative estimate of drug-likeness (QED) is 0.644. The first-order valence-corrected chi connectivity index (χ1v) is 8.90. The zero-order valence-electron chi connectivity index (χ0n) is 12.7. The second kappa shape index (κ2) is 5.51. The average molecular weight is 380 g/mol. The van der Waals surface area contributed by atoms with Crippen LogP contribution in [-0.2, 0) is 14.3 Å². The number of fused-ring (bicyclic) bond motifs is 1. The molecule has 1 N–H and O–H groups in total. The van der Waals surface area contributed by atoms with E-state index < -0.39 is 0 Å². The van der Waals surface area contributed by atoms with E-state index in [0.717, 1.165) is 17.9 Å². The molecule has 0 radical (unpaired) electrons. The van der Waals surface area contributed by atoms with Crippen molar-refractivity contribution >= 4 is 33.5 Å². The summed E-state index contributed by atoms with van der Waals surface area (Å²) in [6, 6.07) is 7.29. The first kappa shape index (κ1) is 15.0. The van der Waals surface area contributed by atoms with Crippen LogP contribution in [0.15, 0.2) is 24.3 Å². The molecule has 0 aromatic heterocycles. The third-order valence-electron chi connectivity index (χ3n) is 5.26. The van der Waals surface area contributed by atoms with Gasteiger partial charge in [0.05, 0.1) is 23.3 Å². The summed E-state index contributed by atoms with van der Waals surface area (Å²) in [5.41, 5.74) is 0.718. The molecule has 122 valence electrons. The molecule has 1 aromatic rings. The zero-order valence-corrected chi connectivity index (χ0v) is 14.3. The number of nitrogens with one attached hydrogen (secondary N) is 1. The van der Waals surface area contributed by atoms with Crippen molar-refractivity contribution in [2.75, 3.05) is 11.9 Å². The van der Waals surface area contributed by atoms with Crippen LogP contribution >= 0.6 is 15.9 Å². The van der Waals surface area contributed by atoms with Crippen molar-refractivity contribution in [2.45, 2.75) is 24.3 Å². The minimum absolute atomic E-state index is 0.0490. The Bertz CT molecular complexity index is 646. The first-order valence-electron chi connectivity index (χ1n) is 7.98. The molecule has 6 atom stereocenters. The van der Waals surface area contributed by atoms with Crippen molar-refractivity contribution < 1.29 is 19.1 Å². The number of halogens is 1. The van der Waals surface area contributed by atoms with E-state index in [4.69, 9.17) is 9.47 Å². The number of carbonyl (C=O) groups is 2. The topological polar surface area (TPSA) is 64.6 Å². The van der Waals surface area contributed by atoms with Gasteiger partial charge in [-0.15, -0.1) is 0 Å². The molecule has 5 nitrogen and oxygen atoms in total. The van der Waals surface area contributed by atoms with Crippen LogP contribution in [0.1, 0.15) is 13.3 Å². The average Bonchev–Trinajstić information content (AvgIpc) is 3.13. The highest BCUT2D eigenvalue weighted by Gasteiger charge is 2.67. The molecule has 0 spiro atoms. The number of carbonyl (C=O) groups excluding carboxylic acids is 2. The lowest BCUT2D eigenvalue weighted by atomic mass is 9.79. The van der Waals surface area contributed by atoms with Crippen molar-refractivity contribution in [3.05, 3.63) is 24.3 Å². The Hall–Kier alpha value is -1.56. The molecular formula is C17H18BrNO4. The fraction of sp³-hybridized carbons (Fsp3) is 0.529. The van der Waals surface area contributed by atoms with Crippen LogP contribution < -0.4 is 10.1 Å². The van der Waals surface area contributed by atoms with Crippen LogP contribution in [-0.4, -0.2) is 29.4 Å². The molecule has 4 rings (SSSR count). The summed E-state index contributed by atoms with van der Waals surface area (Å²) in [6.07, 6.45) is 0.838. The van der Waals surface area contributed by atoms with Crippen LogP contribution in [0.2, 0.25) is 0 Å². The van der Waals surface area contributed by atoms with Gasteiger partial charge in [0.1, 0.15) is 11.9 Å². The van der Waals surface area contributed by atoms with Gasteiger partial charge in [-0.2, -0.15) is 0 Å². The Morgan fingerprint density at radius 1 is 1.35 bits per heavy atom. The van der Waals surface area contributed by atoms with Crippen molar-refractivity contribution in [3.63, 3.8) is 0 Å². The van der Waals surface area contributed by atoms with Gasteiger partial charge in [0.2, 0.25) is 5.91 Å². The Morgan fingerprint density at radius 3 is 2.78 bits per heavy atom. The minimum atomic E-state index is -0.304. The zero-order chi connectivity index (χ0) is 16.1. The molecule has 2 bridgehead atoms. The van der Waals surface area contributed by atoms with Crippen molar-refractivity contribution in [2.24, 2.45) is 23.7 Å². The van der Waals surface area contributed by atoms with Gasteiger partial charge in [0, 0.05) is 11.6 Å². The summed E-state index contributed by atoms with van der Waals surface area (Å²) in [5, 5.41) is 2.94. The number of anilines is 1. The lowest BCUT2D eigenvalue weighted by molar-refractivity contribution is -0.145. The maximum Gasteiger partial charge on any atom is 0.310 e. The molecule has 1 amide bonds. The van der Waals surface area contributed by atoms with Gasteiger partial charge in [-0.3, -0.25) is 9.59 Å². The number of benzene rings is 1. The summed E-state index contributed by atoms with van der Waals surface area (Å²) in [7, 11) is 0. The predicted molar refractivity (Wildman–Crippen MR) is 87.4 cm³/mol. The Balaban J connectivity index is 1.50. The van der Waals surface area contributed by atoms with Crippen LogP contribution in [0.25, 0.3) is 0 Å². The van der Waals surface area contributed by atoms with Crippen LogP contribution in [0.5, 0.6) is 5.75 Å². The summed E-state index contributed by atoms with van der Waals surface area (Å²) in [4.78, 5) is 24.9. The van der Waals surface area contributed by atoms with E-state index in [1.165, 1.54) is 0 Å². The lowest BCUT2D eigenvalue weighted by Crippen LogP contribution is -2.40. The molecule has 6 unspecified atom stereocenters. The molecular weight excluding hydrogens is 362 g/mol. The predicted octanol–water partition coefficient (Wildman–Crippen LogP) is 2.59. The molecule has 1 saturated heterocycles. The van der Waals surface area contributed by atoms with E-state index in [9.17, 15) is 9.59 Å². The summed E-state index contributed by atoms with van der Waals surface area (Å²) in [5.74, 6) is 0.249. The highest BCUT2D eigenvalue weighted by molar-refractivity contribution is 9.09. The molecule has 1 aromatic carbocycles. The Labute approximate surface area is 142 Å². The van der Waals surface area contributed by atoms with E-state index in [1.54, 1.807) is 0 Å². The van der Waals surface area contributed by atoms with Crippen molar-refractivity contribution in [3.8, 4) is 5.75 Å². The fourth-order valence-corrected chi connectivity index (χ4v) is 5.40. The smallest absolute Gasteiger partial charge is 0.310 e. The second-order valence-electron chi connectivity index (χ2n) is 6.41. The first-order chi connectivity index (χ1) is 11.1. The third kappa shape index (κ3) is 2.26. The summed E-state index contributed by atoms with van der Waals surface area (Å²) in [6.45, 7) is 2.53. The molecule has 6 heteroatoms. The molecule has 3 aliphatic rings. The second-order valence-corrected chi connectivity index (χ2v) is 7.46. The Morgan fingerprint density at radius 2 is 2.09 bits per heavy atom. The molecule has 2 aliphatic carbocycles. The van der Waals surface area contributed by atoms with Gasteiger partial charge in [-0.05, 0) is 43.5 Å². The highest BCUT2D eigenvalue weighted by atomic mass is 79.9. The van der Waals surface area contributed by atoms with Gasteiger partial charge in [0.25, 0.3) is 0 Å². The van der Waals surface area contributed by atoms with Crippen LogP contribution in [0.3, 0.4) is 0 Å². The largest absolute Gasteiger partial charge is 0.494 e. The van der Waals surface area contributed by atoms with Gasteiger partial charge in [0.15, 0.2) is 0 Å². The summed E-state index contributed by atoms with van der Waals surface area (Å²) >= 11 is 3.62. The number of hydrogen-bond acceptors (Lipinski definition) is 4.